The summed E-state index contributed by atoms with van der Waals surface area (Å²) in [5, 5.41) is 23.7. The number of aliphatic hydroxyl groups is 1. The lowest BCUT2D eigenvalue weighted by molar-refractivity contribution is -0.148. The summed E-state index contributed by atoms with van der Waals surface area (Å²) in [7, 11) is 0. The molecule has 71 heavy (non-hydrogen) atoms. The van der Waals surface area contributed by atoms with Crippen molar-refractivity contribution < 1.29 is 56.3 Å². The smallest absolute Gasteiger partial charge is 0.277 e. The molecule has 1 aliphatic rings. The van der Waals surface area contributed by atoms with Crippen LogP contribution in [0.5, 0.6) is 0 Å². The molecule has 17 nitrogen and oxygen atoms in total. The zero-order valence-electron chi connectivity index (χ0n) is 39.7. The van der Waals surface area contributed by atoms with Crippen LogP contribution in [0.2, 0.25) is 0 Å². The Labute approximate surface area is 426 Å². The summed E-state index contributed by atoms with van der Waals surface area (Å²) in [5.74, 6) is -7.61. The highest BCUT2D eigenvalue weighted by Gasteiger charge is 2.58. The highest BCUT2D eigenvalue weighted by atomic mass is 127. The van der Waals surface area contributed by atoms with E-state index in [0.29, 0.717) is 46.7 Å². The number of rotatable bonds is 26. The monoisotopic (exact) mass is 1120 g/mol. The van der Waals surface area contributed by atoms with Crippen molar-refractivity contribution in [2.24, 2.45) is 11.7 Å². The second-order valence-corrected chi connectivity index (χ2v) is 19.4. The highest BCUT2D eigenvalue weighted by molar-refractivity contribution is 14.1. The third-order valence-corrected chi connectivity index (χ3v) is 13.6. The van der Waals surface area contributed by atoms with Gasteiger partial charge in [0.2, 0.25) is 17.7 Å². The second-order valence-electron chi connectivity index (χ2n) is 17.3. The predicted octanol–water partition coefficient (Wildman–Crippen LogP) is 6.40. The van der Waals surface area contributed by atoms with Crippen LogP contribution >= 0.6 is 33.9 Å². The molecule has 4 amide bonds. The number of hydrogen-bond donors (Lipinski definition) is 6. The Kier molecular flexibility index (Phi) is 19.9. The number of carbonyl (C=O) groups is 4. The van der Waals surface area contributed by atoms with E-state index >= 15 is 0 Å². The molecule has 6 rings (SSSR count). The van der Waals surface area contributed by atoms with Crippen molar-refractivity contribution in [2.45, 2.75) is 70.4 Å². The molecule has 22 heteroatoms. The number of benzene rings is 3. The number of ether oxygens (including phenoxy) is 2. The average molecular weight is 1120 g/mol. The fourth-order valence-corrected chi connectivity index (χ4v) is 9.78. The van der Waals surface area contributed by atoms with Crippen LogP contribution in [0.25, 0.3) is 10.4 Å². The number of aromatic nitrogens is 2. The number of nitrogens with zero attached hydrogens (tertiary/aromatic N) is 3. The Morgan fingerprint density at radius 2 is 1.69 bits per heavy atom. The first-order chi connectivity index (χ1) is 34.0. The van der Waals surface area contributed by atoms with E-state index in [1.807, 2.05) is 67.6 Å². The second kappa shape index (κ2) is 25.7. The molecule has 1 aliphatic heterocycles. The molecule has 0 bridgehead atoms. The van der Waals surface area contributed by atoms with Gasteiger partial charge in [0.1, 0.15) is 23.0 Å². The van der Waals surface area contributed by atoms with E-state index in [-0.39, 0.29) is 69.5 Å². The Morgan fingerprint density at radius 3 is 2.34 bits per heavy atom. The van der Waals surface area contributed by atoms with Crippen molar-refractivity contribution in [3.05, 3.63) is 115 Å². The molecule has 5 aromatic rings. The van der Waals surface area contributed by atoms with Gasteiger partial charge in [-0.15, -0.1) is 11.3 Å². The molecule has 382 valence electrons. The van der Waals surface area contributed by atoms with Crippen molar-refractivity contribution in [1.82, 2.24) is 31.2 Å². The van der Waals surface area contributed by atoms with Gasteiger partial charge in [-0.05, 0) is 96.8 Å². The van der Waals surface area contributed by atoms with Gasteiger partial charge in [-0.3, -0.25) is 24.0 Å². The maximum Gasteiger partial charge on any atom is 0.277 e. The van der Waals surface area contributed by atoms with Crippen molar-refractivity contribution in [3.8, 4) is 10.4 Å². The van der Waals surface area contributed by atoms with Crippen LogP contribution in [0.4, 0.5) is 24.5 Å². The molecule has 2 unspecified atom stereocenters. The van der Waals surface area contributed by atoms with E-state index in [4.69, 9.17) is 24.6 Å². The van der Waals surface area contributed by atoms with E-state index in [1.54, 1.807) is 24.6 Å². The number of hydrogen-bond acceptors (Lipinski definition) is 14. The third kappa shape index (κ3) is 13.9. The number of aliphatic hydroxyl groups excluding tert-OH is 1. The summed E-state index contributed by atoms with van der Waals surface area (Å²) in [5.41, 5.74) is 10.4. The first-order valence-electron chi connectivity index (χ1n) is 23.0. The standard InChI is InChI=1S/C49H58F3IN8O9S/c1-28(2)42(40-22-29(3)59-70-40)47(65)61-26-34(62)25-49(61,48(54)66)36(31-6-8-32(9-7-31)45-30(4)57-27-71-45)24-41(63)56-16-19-68-21-20-67-18-15-55-14-5-17-69-60-46(64)35-11-12-37(50)43(52)44(35)58-39-13-10-33(53)23-38(39)51/h6-13,22-23,27-28,34,36,42,55,58,62H,5,14-21,24-26H2,1-4H3,(H2,54,66)(H,56,63)(H,60,64)/t34?,36-,42+,49?/m0/s1. The molecule has 0 spiro atoms. The zero-order valence-corrected chi connectivity index (χ0v) is 42.7. The number of aryl methyl sites for hydroxylation is 2. The number of likely N-dealkylation sites (tertiary alicyclic amines) is 1. The van der Waals surface area contributed by atoms with Crippen molar-refractivity contribution in [2.75, 3.05) is 64.5 Å². The van der Waals surface area contributed by atoms with Gasteiger partial charge in [0.05, 0.1) is 77.9 Å². The lowest BCUT2D eigenvalue weighted by Gasteiger charge is -2.43. The lowest BCUT2D eigenvalue weighted by atomic mass is 9.73. The molecule has 2 aromatic heterocycles. The molecule has 0 radical (unpaired) electrons. The maximum atomic E-state index is 14.7. The minimum Gasteiger partial charge on any atom is -0.391 e. The number of primary amides is 1. The number of nitrogens with one attached hydrogen (secondary N) is 4. The van der Waals surface area contributed by atoms with Crippen molar-refractivity contribution in [1.29, 1.82) is 0 Å². The van der Waals surface area contributed by atoms with E-state index in [1.165, 1.54) is 28.4 Å². The Balaban J connectivity index is 0.936. The van der Waals surface area contributed by atoms with E-state index in [2.05, 4.69) is 31.6 Å². The van der Waals surface area contributed by atoms with Gasteiger partial charge >= 0.3 is 0 Å². The van der Waals surface area contributed by atoms with Crippen LogP contribution < -0.4 is 27.2 Å². The highest BCUT2D eigenvalue weighted by Crippen LogP contribution is 2.46. The van der Waals surface area contributed by atoms with Gasteiger partial charge in [0, 0.05) is 48.0 Å². The van der Waals surface area contributed by atoms with E-state index in [0.717, 1.165) is 28.3 Å². The maximum absolute atomic E-state index is 14.7. The van der Waals surface area contributed by atoms with Gasteiger partial charge < -0.3 is 45.7 Å². The molecule has 1 saturated heterocycles. The summed E-state index contributed by atoms with van der Waals surface area (Å²) < 4.78 is 60.6. The molecule has 3 heterocycles. The Bertz CT molecular complexity index is 2620. The molecule has 1 fully saturated rings. The molecule has 7 N–H and O–H groups in total. The SMILES string of the molecule is Cc1cc([C@H](C(=O)N2CC(O)CC2(C(N)=O)[C@@H](CC(=O)NCCOCCOCCNCCCONC(=O)c2ccc(F)c(F)c2Nc2ccc(I)cc2F)c2ccc(-c3scnc3C)cc2)C(C)C)on1. The van der Waals surface area contributed by atoms with Gasteiger partial charge in [0.25, 0.3) is 5.91 Å². The van der Waals surface area contributed by atoms with Crippen LogP contribution in [0.15, 0.2) is 70.7 Å². The topological polar surface area (TPSA) is 232 Å². The fraction of sp³-hybridized carbons (Fsp3) is 0.429. The minimum absolute atomic E-state index is 0.0973. The van der Waals surface area contributed by atoms with Crippen LogP contribution in [0, 0.1) is 40.8 Å². The first-order valence-corrected chi connectivity index (χ1v) is 25.0. The number of nitrogens with two attached hydrogens (primary N) is 1. The molecular weight excluding hydrogens is 1060 g/mol. The number of β-amino-alcohol motifs (C(OH)–C–C–N with tert-alkyl or cyclic N) is 1. The molecule has 0 aliphatic carbocycles. The first kappa shape index (κ1) is 54.8. The fourth-order valence-electron chi connectivity index (χ4n) is 8.51. The summed E-state index contributed by atoms with van der Waals surface area (Å²) in [6.07, 6.45) is -1.04. The molecule has 0 saturated carbocycles. The minimum atomic E-state index is -1.78. The summed E-state index contributed by atoms with van der Waals surface area (Å²) >= 11 is 3.39. The number of carbonyl (C=O) groups excluding carboxylic acids is 4. The van der Waals surface area contributed by atoms with E-state index in [9.17, 15) is 37.5 Å². The summed E-state index contributed by atoms with van der Waals surface area (Å²) in [6.45, 7) is 9.46. The Morgan fingerprint density at radius 1 is 0.958 bits per heavy atom. The number of halogens is 4. The van der Waals surface area contributed by atoms with Crippen LogP contribution in [-0.4, -0.2) is 115 Å². The molecular formula is C49H58F3IN8O9S. The largest absolute Gasteiger partial charge is 0.391 e. The average Bonchev–Trinajstić information content (AvgIpc) is 4.07. The quantitative estimate of drug-likeness (QED) is 0.0200. The van der Waals surface area contributed by atoms with Crippen molar-refractivity contribution in [3.63, 3.8) is 0 Å². The molecule has 4 atom stereocenters. The van der Waals surface area contributed by atoms with Crippen LogP contribution in [0.1, 0.15) is 78.0 Å². The normalized spacial score (nSPS) is 16.5. The number of amides is 4. The van der Waals surface area contributed by atoms with Gasteiger partial charge in [-0.25, -0.2) is 23.6 Å². The van der Waals surface area contributed by atoms with Gasteiger partial charge in [-0.1, -0.05) is 43.3 Å². The van der Waals surface area contributed by atoms with Crippen LogP contribution in [-0.2, 0) is 28.7 Å². The van der Waals surface area contributed by atoms with Crippen LogP contribution in [0.3, 0.4) is 0 Å². The molecule has 3 aromatic carbocycles. The Hall–Kier alpha value is -5.50. The number of thiazole rings is 1. The van der Waals surface area contributed by atoms with Gasteiger partial charge in [0.15, 0.2) is 11.6 Å². The third-order valence-electron chi connectivity index (χ3n) is 11.9. The van der Waals surface area contributed by atoms with Gasteiger partial charge in [-0.2, -0.15) is 0 Å². The van der Waals surface area contributed by atoms with Crippen molar-refractivity contribution >= 4 is 68.9 Å². The number of hydroxylamine groups is 1. The van der Waals surface area contributed by atoms with E-state index < -0.39 is 70.2 Å². The number of anilines is 2. The summed E-state index contributed by atoms with van der Waals surface area (Å²) in [6, 6.07) is 15.0. The zero-order chi connectivity index (χ0) is 51.2. The summed E-state index contributed by atoms with van der Waals surface area (Å²) in [4.78, 5) is 67.0. The predicted molar refractivity (Wildman–Crippen MR) is 267 cm³/mol. The lowest BCUT2D eigenvalue weighted by Crippen LogP contribution is -2.61.